The molecule has 1 atom stereocenters. The van der Waals surface area contributed by atoms with E-state index in [-0.39, 0.29) is 43.0 Å². The molecule has 5 amide bonds. The maximum absolute atomic E-state index is 13.4. The van der Waals surface area contributed by atoms with Gasteiger partial charge in [-0.3, -0.25) is 39.1 Å². The fraction of sp³-hybridized carbons (Fsp3) is 0.463. The van der Waals surface area contributed by atoms with Crippen LogP contribution in [0.4, 0.5) is 0 Å². The number of nitrogens with zero attached hydrogens (tertiary/aromatic N) is 5. The third-order valence-corrected chi connectivity index (χ3v) is 12.6. The number of hydrogen-bond donors (Lipinski definition) is 2. The Morgan fingerprint density at radius 2 is 1.54 bits per heavy atom. The molecule has 3 aromatic rings. The van der Waals surface area contributed by atoms with Crippen LogP contribution in [-0.4, -0.2) is 79.6 Å². The number of benzene rings is 2. The van der Waals surface area contributed by atoms with Crippen molar-refractivity contribution < 1.29 is 33.4 Å². The Hall–Kier alpha value is -5.39. The Kier molecular flexibility index (Phi) is 9.36. The van der Waals surface area contributed by atoms with Crippen LogP contribution in [0.15, 0.2) is 42.7 Å². The molecule has 5 aliphatic rings. The van der Waals surface area contributed by atoms with Crippen LogP contribution < -0.4 is 20.1 Å². The zero-order valence-corrected chi connectivity index (χ0v) is 32.3. The summed E-state index contributed by atoms with van der Waals surface area (Å²) in [5.74, 6) is -1.73. The molecule has 1 aromatic heterocycles. The summed E-state index contributed by atoms with van der Waals surface area (Å²) in [5.41, 5.74) is 2.47. The standard InChI is InChI=1S/C41H42ClN7O7/c1-40(2)37(41(3,4)38(40)55-27-8-5-21(16-43)30(42)15-27)47-33(51)24-17-44-39(45-18-24)56-26-9-6-25(7-10-26)48-19-22-13-28-29(14-23(22)20-48)36(54)49(35(28)53)31-11-12-32(50)46-34(31)52/h5,8,13-15,17-18,25-26,31,37-38H,6-7,9-12,19-20H2,1-4H3,(H,47,51)(H,46,50,52). The highest BCUT2D eigenvalue weighted by Gasteiger charge is 2.64. The van der Waals surface area contributed by atoms with Crippen molar-refractivity contribution in [2.24, 2.45) is 10.8 Å². The van der Waals surface area contributed by atoms with Crippen molar-refractivity contribution >= 4 is 41.1 Å². The van der Waals surface area contributed by atoms with Gasteiger partial charge in [-0.2, -0.15) is 5.26 Å². The topological polar surface area (TPSA) is 184 Å². The Labute approximate surface area is 328 Å². The van der Waals surface area contributed by atoms with Gasteiger partial charge in [-0.25, -0.2) is 9.97 Å². The van der Waals surface area contributed by atoms with Gasteiger partial charge in [0, 0.05) is 60.9 Å². The van der Waals surface area contributed by atoms with Crippen molar-refractivity contribution in [2.45, 2.75) is 110 Å². The van der Waals surface area contributed by atoms with Crippen LogP contribution in [0.25, 0.3) is 0 Å². The van der Waals surface area contributed by atoms with Gasteiger partial charge in [-0.15, -0.1) is 0 Å². The summed E-state index contributed by atoms with van der Waals surface area (Å²) in [4.78, 5) is 76.1. The van der Waals surface area contributed by atoms with Crippen molar-refractivity contribution in [3.63, 3.8) is 0 Å². The van der Waals surface area contributed by atoms with E-state index in [1.807, 2.05) is 27.7 Å². The molecule has 15 heteroatoms. The van der Waals surface area contributed by atoms with E-state index in [2.05, 4.69) is 31.6 Å². The Balaban J connectivity index is 0.821. The van der Waals surface area contributed by atoms with Gasteiger partial charge in [0.25, 0.3) is 17.7 Å². The van der Waals surface area contributed by atoms with Gasteiger partial charge in [0.15, 0.2) is 0 Å². The van der Waals surface area contributed by atoms with Crippen molar-refractivity contribution in [3.05, 3.63) is 81.1 Å². The van der Waals surface area contributed by atoms with Crippen LogP contribution >= 0.6 is 11.6 Å². The molecule has 4 heterocycles. The van der Waals surface area contributed by atoms with E-state index in [9.17, 15) is 29.2 Å². The van der Waals surface area contributed by atoms with Gasteiger partial charge < -0.3 is 14.8 Å². The molecule has 1 unspecified atom stereocenters. The first-order valence-electron chi connectivity index (χ1n) is 18.9. The number of halogens is 1. The first-order valence-corrected chi connectivity index (χ1v) is 19.3. The van der Waals surface area contributed by atoms with Crippen LogP contribution in [-0.2, 0) is 22.7 Å². The van der Waals surface area contributed by atoms with Crippen molar-refractivity contribution in [1.82, 2.24) is 30.4 Å². The molecule has 0 bridgehead atoms. The summed E-state index contributed by atoms with van der Waals surface area (Å²) in [6.07, 6.45) is 6.21. The van der Waals surface area contributed by atoms with E-state index in [4.69, 9.17) is 21.1 Å². The van der Waals surface area contributed by atoms with E-state index in [1.54, 1.807) is 30.3 Å². The third kappa shape index (κ3) is 6.46. The van der Waals surface area contributed by atoms with Crippen molar-refractivity contribution in [2.75, 3.05) is 0 Å². The maximum atomic E-state index is 13.4. The molecule has 0 spiro atoms. The smallest absolute Gasteiger partial charge is 0.316 e. The lowest BCUT2D eigenvalue weighted by molar-refractivity contribution is -0.164. The van der Waals surface area contributed by atoms with E-state index >= 15 is 0 Å². The van der Waals surface area contributed by atoms with Crippen LogP contribution in [0.3, 0.4) is 0 Å². The highest BCUT2D eigenvalue weighted by atomic mass is 35.5. The number of aromatic nitrogens is 2. The molecule has 290 valence electrons. The van der Waals surface area contributed by atoms with Crippen LogP contribution in [0, 0.1) is 22.2 Å². The summed E-state index contributed by atoms with van der Waals surface area (Å²) in [7, 11) is 0. The normalized spacial score (nSPS) is 26.4. The second-order valence-corrected chi connectivity index (χ2v) is 17.0. The monoisotopic (exact) mass is 779 g/mol. The Morgan fingerprint density at radius 3 is 2.11 bits per heavy atom. The van der Waals surface area contributed by atoms with Gasteiger partial charge in [0.05, 0.1) is 27.3 Å². The van der Waals surface area contributed by atoms with E-state index in [0.717, 1.165) is 41.7 Å². The number of nitrogens with one attached hydrogen (secondary N) is 2. The molecule has 2 aliphatic carbocycles. The largest absolute Gasteiger partial charge is 0.489 e. The Bertz CT molecular complexity index is 2150. The minimum Gasteiger partial charge on any atom is -0.489 e. The average molecular weight is 780 g/mol. The van der Waals surface area contributed by atoms with Crippen LogP contribution in [0.2, 0.25) is 5.02 Å². The number of rotatable bonds is 8. The summed E-state index contributed by atoms with van der Waals surface area (Å²) < 4.78 is 12.5. The lowest BCUT2D eigenvalue weighted by Gasteiger charge is -2.63. The fourth-order valence-corrected chi connectivity index (χ4v) is 9.85. The van der Waals surface area contributed by atoms with Crippen molar-refractivity contribution in [3.8, 4) is 17.8 Å². The predicted molar refractivity (Wildman–Crippen MR) is 200 cm³/mol. The second-order valence-electron chi connectivity index (χ2n) is 16.6. The first-order chi connectivity index (χ1) is 26.6. The van der Waals surface area contributed by atoms with Gasteiger partial charge in [0.1, 0.15) is 30.1 Å². The van der Waals surface area contributed by atoms with E-state index in [0.29, 0.717) is 52.2 Å². The number of carbonyl (C=O) groups excluding carboxylic acids is 5. The fourth-order valence-electron chi connectivity index (χ4n) is 9.63. The minimum absolute atomic E-state index is 0.0762. The molecule has 2 aromatic carbocycles. The van der Waals surface area contributed by atoms with Crippen LogP contribution in [0.1, 0.15) is 114 Å². The first kappa shape index (κ1) is 37.5. The summed E-state index contributed by atoms with van der Waals surface area (Å²) >= 11 is 6.23. The number of fused-ring (bicyclic) bond motifs is 2. The maximum Gasteiger partial charge on any atom is 0.316 e. The predicted octanol–water partition coefficient (Wildman–Crippen LogP) is 4.72. The number of hydrogen-bond acceptors (Lipinski definition) is 11. The zero-order valence-electron chi connectivity index (χ0n) is 31.6. The highest BCUT2D eigenvalue weighted by molar-refractivity contribution is 6.31. The minimum atomic E-state index is -0.983. The Morgan fingerprint density at radius 1 is 0.911 bits per heavy atom. The average Bonchev–Trinajstić information content (AvgIpc) is 3.69. The molecule has 2 N–H and O–H groups in total. The van der Waals surface area contributed by atoms with Crippen LogP contribution in [0.5, 0.6) is 11.8 Å². The SMILES string of the molecule is CC1(C)C(NC(=O)c2cnc(OC3CCC(N4Cc5cc6c(cc5C4)C(=O)N(C4CCC(=O)NC4=O)C6=O)CC3)nc2)C(C)(C)C1Oc1ccc(C#N)c(Cl)c1. The van der Waals surface area contributed by atoms with Gasteiger partial charge >= 0.3 is 6.01 Å². The van der Waals surface area contributed by atoms with Gasteiger partial charge in [-0.1, -0.05) is 39.3 Å². The molecule has 2 saturated carbocycles. The number of ether oxygens (including phenoxy) is 2. The lowest BCUT2D eigenvalue weighted by Crippen LogP contribution is -2.74. The number of imide groups is 2. The molecule has 1 saturated heterocycles. The molecule has 8 rings (SSSR count). The summed E-state index contributed by atoms with van der Waals surface area (Å²) in [6.45, 7) is 9.47. The highest BCUT2D eigenvalue weighted by Crippen LogP contribution is 2.55. The number of carbonyl (C=O) groups is 5. The molecular weight excluding hydrogens is 738 g/mol. The van der Waals surface area contributed by atoms with Gasteiger partial charge in [0.2, 0.25) is 11.8 Å². The number of amides is 5. The number of nitriles is 1. The summed E-state index contributed by atoms with van der Waals surface area (Å²) in [5, 5.41) is 14.9. The van der Waals surface area contributed by atoms with E-state index < -0.39 is 40.5 Å². The van der Waals surface area contributed by atoms with Gasteiger partial charge in [-0.05, 0) is 67.5 Å². The zero-order chi connectivity index (χ0) is 39.7. The lowest BCUT2D eigenvalue weighted by atomic mass is 9.49. The van der Waals surface area contributed by atoms with E-state index in [1.165, 1.54) is 12.4 Å². The summed E-state index contributed by atoms with van der Waals surface area (Å²) in [6, 6.07) is 9.95. The molecule has 0 radical (unpaired) electrons. The quantitative estimate of drug-likeness (QED) is 0.302. The number of piperidine rings is 1. The molecule has 3 aliphatic heterocycles. The molecule has 56 heavy (non-hydrogen) atoms. The second kappa shape index (κ2) is 14.0. The third-order valence-electron chi connectivity index (χ3n) is 12.3. The molecular formula is C41H42ClN7O7. The molecule has 3 fully saturated rings. The van der Waals surface area contributed by atoms with Crippen molar-refractivity contribution in [1.29, 1.82) is 5.26 Å². The molecule has 14 nitrogen and oxygen atoms in total.